The third-order valence-electron chi connectivity index (χ3n) is 2.92. The lowest BCUT2D eigenvalue weighted by atomic mass is 10.0. The van der Waals surface area contributed by atoms with Crippen molar-refractivity contribution in [3.63, 3.8) is 0 Å². The summed E-state index contributed by atoms with van der Waals surface area (Å²) in [6.07, 6.45) is 0. The lowest BCUT2D eigenvalue weighted by Gasteiger charge is -2.25. The van der Waals surface area contributed by atoms with Crippen LogP contribution in [0.25, 0.3) is 0 Å². The Morgan fingerprint density at radius 3 is 2.16 bits per heavy atom. The quantitative estimate of drug-likeness (QED) is 0.602. The Labute approximate surface area is 130 Å². The predicted octanol–water partition coefficient (Wildman–Crippen LogP) is 5.32. The minimum Gasteiger partial charge on any atom is -0.143 e. The summed E-state index contributed by atoms with van der Waals surface area (Å²) in [4.78, 5) is 0.957. The van der Waals surface area contributed by atoms with Gasteiger partial charge in [-0.1, -0.05) is 54.7 Å². The number of hydrogen-bond acceptors (Lipinski definition) is 3. The van der Waals surface area contributed by atoms with E-state index in [4.69, 9.17) is 12.2 Å². The van der Waals surface area contributed by atoms with Crippen molar-refractivity contribution in [2.45, 2.75) is 23.5 Å². The molecule has 0 aromatic heterocycles. The van der Waals surface area contributed by atoms with E-state index in [2.05, 4.69) is 50.7 Å². The van der Waals surface area contributed by atoms with Crippen molar-refractivity contribution in [2.75, 3.05) is 0 Å². The molecule has 2 rings (SSSR count). The predicted molar refractivity (Wildman–Crippen MR) is 92.5 cm³/mol. The molecule has 0 aliphatic rings. The van der Waals surface area contributed by atoms with Gasteiger partial charge < -0.3 is 0 Å². The largest absolute Gasteiger partial charge is 0.143 e. The van der Waals surface area contributed by atoms with Crippen LogP contribution in [0.15, 0.2) is 59.5 Å². The second-order valence-corrected chi connectivity index (χ2v) is 7.63. The first-order valence-electron chi connectivity index (χ1n) is 6.07. The first-order chi connectivity index (χ1) is 8.99. The lowest BCUT2D eigenvalue weighted by molar-refractivity contribution is 0.788. The van der Waals surface area contributed by atoms with Gasteiger partial charge in [-0.25, -0.2) is 0 Å². The topological polar surface area (TPSA) is 0 Å². The van der Waals surface area contributed by atoms with Crippen molar-refractivity contribution in [1.82, 2.24) is 0 Å². The molecule has 0 heterocycles. The third-order valence-corrected chi connectivity index (χ3v) is 4.87. The Hall–Kier alpha value is -0.770. The van der Waals surface area contributed by atoms with E-state index in [0.29, 0.717) is 0 Å². The van der Waals surface area contributed by atoms with Gasteiger partial charge >= 0.3 is 0 Å². The van der Waals surface area contributed by atoms with Crippen LogP contribution < -0.4 is 0 Å². The highest BCUT2D eigenvalue weighted by molar-refractivity contribution is 8.24. The number of hydrogen-bond donors (Lipinski definition) is 1. The SMILES string of the molecule is CC(C)(SC(=S)c1ccc(S)cc1)c1ccccc1. The molecular formula is C16H16S3. The van der Waals surface area contributed by atoms with Gasteiger partial charge in [-0.2, -0.15) is 0 Å². The molecule has 2 aromatic rings. The number of thiol groups is 1. The van der Waals surface area contributed by atoms with Crippen molar-refractivity contribution >= 4 is 40.8 Å². The van der Waals surface area contributed by atoms with Gasteiger partial charge in [0.05, 0.1) is 4.20 Å². The highest BCUT2D eigenvalue weighted by atomic mass is 32.2. The Morgan fingerprint density at radius 2 is 1.58 bits per heavy atom. The Morgan fingerprint density at radius 1 is 1.00 bits per heavy atom. The van der Waals surface area contributed by atoms with E-state index in [1.54, 1.807) is 11.8 Å². The van der Waals surface area contributed by atoms with Gasteiger partial charge in [0.15, 0.2) is 0 Å². The molecule has 0 nitrogen and oxygen atoms in total. The molecule has 0 aliphatic carbocycles. The minimum atomic E-state index is -0.0298. The van der Waals surface area contributed by atoms with Gasteiger partial charge in [0.25, 0.3) is 0 Å². The fourth-order valence-electron chi connectivity index (χ4n) is 1.79. The summed E-state index contributed by atoms with van der Waals surface area (Å²) in [5.74, 6) is 0. The highest BCUT2D eigenvalue weighted by Gasteiger charge is 2.23. The molecule has 2 aromatic carbocycles. The van der Waals surface area contributed by atoms with E-state index in [1.165, 1.54) is 5.56 Å². The second-order valence-electron chi connectivity index (χ2n) is 4.81. The fourth-order valence-corrected chi connectivity index (χ4v) is 3.67. The molecule has 19 heavy (non-hydrogen) atoms. The normalized spacial score (nSPS) is 11.3. The summed E-state index contributed by atoms with van der Waals surface area (Å²) in [6, 6.07) is 18.5. The Balaban J connectivity index is 2.16. The number of benzene rings is 2. The van der Waals surface area contributed by atoms with Crippen molar-refractivity contribution in [2.24, 2.45) is 0 Å². The molecule has 98 valence electrons. The van der Waals surface area contributed by atoms with E-state index in [0.717, 1.165) is 14.7 Å². The summed E-state index contributed by atoms with van der Waals surface area (Å²) >= 11 is 11.6. The average Bonchev–Trinajstić information content (AvgIpc) is 2.40. The number of rotatable bonds is 3. The zero-order valence-electron chi connectivity index (χ0n) is 11.0. The Bertz CT molecular complexity index is 556. The van der Waals surface area contributed by atoms with Gasteiger partial charge in [0.2, 0.25) is 0 Å². The Kier molecular flexibility index (Phi) is 4.71. The maximum absolute atomic E-state index is 5.55. The molecular weight excluding hydrogens is 288 g/mol. The highest BCUT2D eigenvalue weighted by Crippen LogP contribution is 2.38. The van der Waals surface area contributed by atoms with E-state index in [9.17, 15) is 0 Å². The molecule has 0 fully saturated rings. The van der Waals surface area contributed by atoms with Gasteiger partial charge in [-0.3, -0.25) is 0 Å². The first-order valence-corrected chi connectivity index (χ1v) is 7.74. The summed E-state index contributed by atoms with van der Waals surface area (Å²) in [6.45, 7) is 4.40. The molecule has 0 bridgehead atoms. The van der Waals surface area contributed by atoms with Crippen LogP contribution in [-0.4, -0.2) is 4.20 Å². The van der Waals surface area contributed by atoms with Crippen LogP contribution in [0, 0.1) is 0 Å². The van der Waals surface area contributed by atoms with E-state index in [-0.39, 0.29) is 4.75 Å². The summed E-state index contributed by atoms with van der Waals surface area (Å²) in [7, 11) is 0. The fraction of sp³-hybridized carbons (Fsp3) is 0.188. The molecule has 0 saturated carbocycles. The zero-order chi connectivity index (χ0) is 13.9. The molecule has 0 radical (unpaired) electrons. The van der Waals surface area contributed by atoms with Gasteiger partial charge in [-0.05, 0) is 37.1 Å². The van der Waals surface area contributed by atoms with E-state index >= 15 is 0 Å². The standard InChI is InChI=1S/C16H16S3/c1-16(2,13-6-4-3-5-7-13)19-15(18)12-8-10-14(17)11-9-12/h3-11,17H,1-2H3. The van der Waals surface area contributed by atoms with E-state index in [1.807, 2.05) is 30.3 Å². The lowest BCUT2D eigenvalue weighted by Crippen LogP contribution is -2.14. The average molecular weight is 305 g/mol. The molecule has 0 aliphatic heterocycles. The minimum absolute atomic E-state index is 0.0298. The van der Waals surface area contributed by atoms with Crippen molar-refractivity contribution < 1.29 is 0 Å². The van der Waals surface area contributed by atoms with Gasteiger partial charge in [-0.15, -0.1) is 24.4 Å². The van der Waals surface area contributed by atoms with Crippen molar-refractivity contribution in [1.29, 1.82) is 0 Å². The van der Waals surface area contributed by atoms with Crippen LogP contribution in [0.5, 0.6) is 0 Å². The molecule has 0 amide bonds. The van der Waals surface area contributed by atoms with Crippen LogP contribution in [0.3, 0.4) is 0 Å². The molecule has 0 atom stereocenters. The van der Waals surface area contributed by atoms with Crippen LogP contribution in [0.4, 0.5) is 0 Å². The molecule has 3 heteroatoms. The molecule has 0 saturated heterocycles. The van der Waals surface area contributed by atoms with E-state index < -0.39 is 0 Å². The van der Waals surface area contributed by atoms with Gasteiger partial charge in [0.1, 0.15) is 0 Å². The smallest absolute Gasteiger partial charge is 0.0786 e. The number of thiocarbonyl (C=S) groups is 1. The van der Waals surface area contributed by atoms with Gasteiger partial charge in [0, 0.05) is 9.64 Å². The zero-order valence-corrected chi connectivity index (χ0v) is 13.5. The second kappa shape index (κ2) is 6.12. The first kappa shape index (κ1) is 14.6. The molecule has 0 unspecified atom stereocenters. The monoisotopic (exact) mass is 304 g/mol. The maximum Gasteiger partial charge on any atom is 0.0786 e. The number of thioether (sulfide) groups is 1. The van der Waals surface area contributed by atoms with Crippen LogP contribution >= 0.6 is 36.6 Å². The molecule has 0 N–H and O–H groups in total. The van der Waals surface area contributed by atoms with Crippen molar-refractivity contribution in [3.05, 3.63) is 65.7 Å². The summed E-state index contributed by atoms with van der Waals surface area (Å²) in [5, 5.41) is 0. The van der Waals surface area contributed by atoms with Crippen LogP contribution in [0.1, 0.15) is 25.0 Å². The maximum atomic E-state index is 5.55. The summed E-state index contributed by atoms with van der Waals surface area (Å²) < 4.78 is 0.889. The molecule has 0 spiro atoms. The third kappa shape index (κ3) is 3.85. The van der Waals surface area contributed by atoms with Crippen LogP contribution in [-0.2, 0) is 4.75 Å². The van der Waals surface area contributed by atoms with Crippen molar-refractivity contribution in [3.8, 4) is 0 Å². The van der Waals surface area contributed by atoms with Crippen LogP contribution in [0.2, 0.25) is 0 Å². The summed E-state index contributed by atoms with van der Waals surface area (Å²) in [5.41, 5.74) is 2.37.